The molecule has 2 rings (SSSR count). The van der Waals surface area contributed by atoms with Crippen LogP contribution in [0.2, 0.25) is 0 Å². The first kappa shape index (κ1) is 13.3. The minimum Gasteiger partial charge on any atom is -0.306 e. The van der Waals surface area contributed by atoms with Crippen molar-refractivity contribution in [1.29, 1.82) is 0 Å². The Balaban J connectivity index is 2.35. The number of aryl methyl sites for hydroxylation is 1. The van der Waals surface area contributed by atoms with Crippen LogP contribution in [0.3, 0.4) is 0 Å². The Labute approximate surface area is 107 Å². The maximum Gasteiger partial charge on any atom is 0.187 e. The Morgan fingerprint density at radius 1 is 1.21 bits per heavy atom. The third kappa shape index (κ3) is 2.82. The number of anilines is 1. The topological polar surface area (TPSA) is 63.8 Å². The van der Waals surface area contributed by atoms with Gasteiger partial charge in [0.1, 0.15) is 17.5 Å². The van der Waals surface area contributed by atoms with Crippen molar-refractivity contribution in [2.24, 2.45) is 5.84 Å². The van der Waals surface area contributed by atoms with E-state index in [0.29, 0.717) is 0 Å². The zero-order valence-electron chi connectivity index (χ0n) is 10.0. The van der Waals surface area contributed by atoms with E-state index < -0.39 is 17.5 Å². The van der Waals surface area contributed by atoms with Crippen LogP contribution >= 0.6 is 0 Å². The van der Waals surface area contributed by atoms with Gasteiger partial charge < -0.3 is 5.43 Å². The smallest absolute Gasteiger partial charge is 0.187 e. The monoisotopic (exact) mass is 268 g/mol. The Morgan fingerprint density at radius 2 is 1.95 bits per heavy atom. The van der Waals surface area contributed by atoms with Crippen LogP contribution < -0.4 is 11.3 Å². The second-order valence-electron chi connectivity index (χ2n) is 3.94. The van der Waals surface area contributed by atoms with Gasteiger partial charge in [-0.25, -0.2) is 29.0 Å². The van der Waals surface area contributed by atoms with Crippen LogP contribution in [0.4, 0.5) is 19.0 Å². The number of halogens is 3. The van der Waals surface area contributed by atoms with Crippen molar-refractivity contribution in [2.45, 2.75) is 13.3 Å². The lowest BCUT2D eigenvalue weighted by Gasteiger charge is -2.07. The van der Waals surface area contributed by atoms with Crippen LogP contribution in [0.1, 0.15) is 17.1 Å². The number of nitrogen functional groups attached to an aromatic ring is 1. The fourth-order valence-corrected chi connectivity index (χ4v) is 1.63. The summed E-state index contributed by atoms with van der Waals surface area (Å²) in [5.41, 5.74) is 2.42. The lowest BCUT2D eigenvalue weighted by molar-refractivity contribution is 0.572. The molecule has 3 N–H and O–H groups in total. The Bertz CT molecular complexity index is 616. The number of hydrogen-bond donors (Lipinski definition) is 2. The molecule has 1 heterocycles. The van der Waals surface area contributed by atoms with Gasteiger partial charge in [0.2, 0.25) is 0 Å². The fraction of sp³-hybridized carbons (Fsp3) is 0.167. The zero-order valence-corrected chi connectivity index (χ0v) is 10.0. The van der Waals surface area contributed by atoms with E-state index in [-0.39, 0.29) is 29.3 Å². The van der Waals surface area contributed by atoms with Crippen molar-refractivity contribution in [3.8, 4) is 0 Å². The maximum absolute atomic E-state index is 13.5. The van der Waals surface area contributed by atoms with Gasteiger partial charge in [-0.05, 0) is 18.6 Å². The lowest BCUT2D eigenvalue weighted by atomic mass is 10.1. The second-order valence-corrected chi connectivity index (χ2v) is 3.94. The van der Waals surface area contributed by atoms with Crippen LogP contribution in [0.15, 0.2) is 18.2 Å². The standard InChI is InChI=1S/C12H11F3N4/c1-6-11(15)12(19-16)18-10(17-6)4-7-2-3-8(13)5-9(7)14/h2-3,5H,4,16H2,1H3,(H,17,18,19). The highest BCUT2D eigenvalue weighted by molar-refractivity contribution is 5.37. The first-order valence-corrected chi connectivity index (χ1v) is 5.45. The number of nitrogens with two attached hydrogens (primary N) is 1. The predicted octanol–water partition coefficient (Wildman–Crippen LogP) is 2.08. The molecule has 0 bridgehead atoms. The summed E-state index contributed by atoms with van der Waals surface area (Å²) in [7, 11) is 0. The average molecular weight is 268 g/mol. The van der Waals surface area contributed by atoms with Crippen molar-refractivity contribution >= 4 is 5.82 Å². The normalized spacial score (nSPS) is 10.6. The van der Waals surface area contributed by atoms with Gasteiger partial charge in [-0.15, -0.1) is 0 Å². The van der Waals surface area contributed by atoms with E-state index in [1.165, 1.54) is 13.0 Å². The van der Waals surface area contributed by atoms with Gasteiger partial charge in [-0.2, -0.15) is 0 Å². The fourth-order valence-electron chi connectivity index (χ4n) is 1.63. The molecule has 0 aliphatic rings. The quantitative estimate of drug-likeness (QED) is 0.661. The van der Waals surface area contributed by atoms with E-state index in [1.807, 2.05) is 0 Å². The molecule has 0 aliphatic heterocycles. The molecule has 0 unspecified atom stereocenters. The summed E-state index contributed by atoms with van der Waals surface area (Å²) in [5, 5.41) is 0. The number of hydrazine groups is 1. The third-order valence-corrected chi connectivity index (χ3v) is 2.56. The highest BCUT2D eigenvalue weighted by atomic mass is 19.1. The van der Waals surface area contributed by atoms with E-state index in [2.05, 4.69) is 15.4 Å². The Morgan fingerprint density at radius 3 is 2.58 bits per heavy atom. The number of aromatic nitrogens is 2. The van der Waals surface area contributed by atoms with Crippen molar-refractivity contribution in [2.75, 3.05) is 5.43 Å². The SMILES string of the molecule is Cc1nc(Cc2ccc(F)cc2F)nc(NN)c1F. The molecule has 7 heteroatoms. The summed E-state index contributed by atoms with van der Waals surface area (Å²) >= 11 is 0. The molecule has 1 aromatic carbocycles. The van der Waals surface area contributed by atoms with E-state index in [0.717, 1.165) is 12.1 Å². The van der Waals surface area contributed by atoms with Gasteiger partial charge in [0, 0.05) is 12.5 Å². The van der Waals surface area contributed by atoms with Gasteiger partial charge in [0.25, 0.3) is 0 Å². The average Bonchev–Trinajstić information content (AvgIpc) is 2.37. The summed E-state index contributed by atoms with van der Waals surface area (Å²) in [6.07, 6.45) is 0.0158. The number of hydrogen-bond acceptors (Lipinski definition) is 4. The predicted molar refractivity (Wildman–Crippen MR) is 63.7 cm³/mol. The number of rotatable bonds is 3. The number of benzene rings is 1. The van der Waals surface area contributed by atoms with Crippen LogP contribution in [0, 0.1) is 24.4 Å². The second kappa shape index (κ2) is 5.23. The molecule has 1 aromatic heterocycles. The first-order chi connectivity index (χ1) is 9.01. The highest BCUT2D eigenvalue weighted by Crippen LogP contribution is 2.17. The van der Waals surface area contributed by atoms with Crippen molar-refractivity contribution in [3.05, 3.63) is 52.7 Å². The summed E-state index contributed by atoms with van der Waals surface area (Å²) in [5.74, 6) is 3.13. The summed E-state index contributed by atoms with van der Waals surface area (Å²) < 4.78 is 39.7. The first-order valence-electron chi connectivity index (χ1n) is 5.45. The van der Waals surface area contributed by atoms with E-state index in [4.69, 9.17) is 5.84 Å². The summed E-state index contributed by atoms with van der Waals surface area (Å²) in [6.45, 7) is 1.45. The number of nitrogens with one attached hydrogen (secondary N) is 1. The van der Waals surface area contributed by atoms with Crippen LogP contribution in [0.5, 0.6) is 0 Å². The highest BCUT2D eigenvalue weighted by Gasteiger charge is 2.12. The molecule has 0 saturated carbocycles. The lowest BCUT2D eigenvalue weighted by Crippen LogP contribution is -2.14. The molecule has 0 fully saturated rings. The summed E-state index contributed by atoms with van der Waals surface area (Å²) in [4.78, 5) is 7.73. The van der Waals surface area contributed by atoms with E-state index in [1.54, 1.807) is 0 Å². The van der Waals surface area contributed by atoms with E-state index in [9.17, 15) is 13.2 Å². The molecule has 2 aromatic rings. The minimum absolute atomic E-state index is 0.0158. The molecule has 0 radical (unpaired) electrons. The molecule has 0 aliphatic carbocycles. The largest absolute Gasteiger partial charge is 0.306 e. The molecular formula is C12H11F3N4. The third-order valence-electron chi connectivity index (χ3n) is 2.56. The molecule has 19 heavy (non-hydrogen) atoms. The Kier molecular flexibility index (Phi) is 3.66. The van der Waals surface area contributed by atoms with Gasteiger partial charge in [0.05, 0.1) is 5.69 Å². The van der Waals surface area contributed by atoms with E-state index >= 15 is 0 Å². The van der Waals surface area contributed by atoms with Crippen LogP contribution in [-0.4, -0.2) is 9.97 Å². The van der Waals surface area contributed by atoms with Gasteiger partial charge in [0.15, 0.2) is 11.6 Å². The van der Waals surface area contributed by atoms with Gasteiger partial charge in [-0.3, -0.25) is 0 Å². The van der Waals surface area contributed by atoms with Crippen molar-refractivity contribution < 1.29 is 13.2 Å². The molecule has 100 valence electrons. The molecule has 0 saturated heterocycles. The van der Waals surface area contributed by atoms with Crippen LogP contribution in [-0.2, 0) is 6.42 Å². The molecular weight excluding hydrogens is 257 g/mol. The molecule has 0 atom stereocenters. The Hall–Kier alpha value is -2.15. The zero-order chi connectivity index (χ0) is 14.0. The summed E-state index contributed by atoms with van der Waals surface area (Å²) in [6, 6.07) is 3.20. The van der Waals surface area contributed by atoms with Crippen molar-refractivity contribution in [3.63, 3.8) is 0 Å². The van der Waals surface area contributed by atoms with Crippen molar-refractivity contribution in [1.82, 2.24) is 9.97 Å². The minimum atomic E-state index is -0.701. The molecule has 0 amide bonds. The van der Waals surface area contributed by atoms with Gasteiger partial charge >= 0.3 is 0 Å². The molecule has 4 nitrogen and oxygen atoms in total. The van der Waals surface area contributed by atoms with Crippen LogP contribution in [0.25, 0.3) is 0 Å². The maximum atomic E-state index is 13.5. The number of nitrogens with zero attached hydrogens (tertiary/aromatic N) is 2. The van der Waals surface area contributed by atoms with Gasteiger partial charge in [-0.1, -0.05) is 6.07 Å². The molecule has 0 spiro atoms.